The number of sulfonamides is 1. The summed E-state index contributed by atoms with van der Waals surface area (Å²) in [5.41, 5.74) is 1.04. The lowest BCUT2D eigenvalue weighted by molar-refractivity contribution is -0.139. The second kappa shape index (κ2) is 12.5. The van der Waals surface area contributed by atoms with Crippen LogP contribution in [-0.2, 0) is 26.0 Å². The van der Waals surface area contributed by atoms with E-state index in [1.165, 1.54) is 23.1 Å². The molecule has 2 aromatic carbocycles. The quantitative estimate of drug-likeness (QED) is 0.493. The van der Waals surface area contributed by atoms with Gasteiger partial charge in [0, 0.05) is 12.6 Å². The summed E-state index contributed by atoms with van der Waals surface area (Å²) < 4.78 is 39.6. The van der Waals surface area contributed by atoms with Crippen molar-refractivity contribution in [3.63, 3.8) is 0 Å². The van der Waals surface area contributed by atoms with Crippen LogP contribution in [0.3, 0.4) is 0 Å². The van der Waals surface area contributed by atoms with Crippen LogP contribution < -0.4 is 9.62 Å². The average Bonchev–Trinajstić information content (AvgIpc) is 2.79. The molecule has 0 aliphatic rings. The normalized spacial score (nSPS) is 13.1. The molecule has 0 radical (unpaired) electrons. The Hall–Kier alpha value is -2.94. The molecule has 7 nitrogen and oxygen atoms in total. The maximum absolute atomic E-state index is 13.8. The van der Waals surface area contributed by atoms with Gasteiger partial charge >= 0.3 is 0 Å². The Morgan fingerprint density at radius 2 is 1.71 bits per heavy atom. The predicted molar refractivity (Wildman–Crippen MR) is 132 cm³/mol. The van der Waals surface area contributed by atoms with E-state index in [9.17, 15) is 22.4 Å². The first-order chi connectivity index (χ1) is 16.1. The number of carbonyl (C=O) groups excluding carboxylic acids is 2. The maximum Gasteiger partial charge on any atom is 0.244 e. The first-order valence-corrected chi connectivity index (χ1v) is 13.3. The fourth-order valence-electron chi connectivity index (χ4n) is 3.58. The molecule has 0 bridgehead atoms. The lowest BCUT2D eigenvalue weighted by Gasteiger charge is -2.33. The number of carbonyl (C=O) groups is 2. The average molecular weight is 492 g/mol. The van der Waals surface area contributed by atoms with Crippen LogP contribution in [0, 0.1) is 5.82 Å². The minimum absolute atomic E-state index is 0.0518. The van der Waals surface area contributed by atoms with E-state index >= 15 is 0 Å². The number of benzene rings is 2. The maximum atomic E-state index is 13.8. The topological polar surface area (TPSA) is 86.8 Å². The Kier molecular flexibility index (Phi) is 10.0. The van der Waals surface area contributed by atoms with Crippen molar-refractivity contribution < 1.29 is 22.4 Å². The van der Waals surface area contributed by atoms with Crippen molar-refractivity contribution in [1.29, 1.82) is 0 Å². The van der Waals surface area contributed by atoms with E-state index in [1.54, 1.807) is 0 Å². The molecule has 2 aromatic rings. The zero-order valence-electron chi connectivity index (χ0n) is 20.2. The molecule has 2 amide bonds. The van der Waals surface area contributed by atoms with Gasteiger partial charge in [0.2, 0.25) is 21.8 Å². The zero-order valence-corrected chi connectivity index (χ0v) is 21.0. The van der Waals surface area contributed by atoms with E-state index in [4.69, 9.17) is 0 Å². The smallest absolute Gasteiger partial charge is 0.244 e. The van der Waals surface area contributed by atoms with Crippen molar-refractivity contribution in [3.8, 4) is 0 Å². The Morgan fingerprint density at radius 1 is 1.03 bits per heavy atom. The number of anilines is 1. The van der Waals surface area contributed by atoms with E-state index in [0.29, 0.717) is 12.8 Å². The number of hydrogen-bond acceptors (Lipinski definition) is 4. The summed E-state index contributed by atoms with van der Waals surface area (Å²) in [6.45, 7) is 5.34. The number of rotatable bonds is 12. The van der Waals surface area contributed by atoms with Gasteiger partial charge in [-0.1, -0.05) is 50.2 Å². The third-order valence-corrected chi connectivity index (χ3v) is 6.79. The molecule has 0 saturated carbocycles. The molecule has 2 atom stereocenters. The summed E-state index contributed by atoms with van der Waals surface area (Å²) >= 11 is 0. The molecule has 34 heavy (non-hydrogen) atoms. The van der Waals surface area contributed by atoms with Crippen molar-refractivity contribution in [2.24, 2.45) is 0 Å². The van der Waals surface area contributed by atoms with Gasteiger partial charge in [-0.25, -0.2) is 12.8 Å². The first-order valence-electron chi connectivity index (χ1n) is 11.4. The zero-order chi connectivity index (χ0) is 25.3. The van der Waals surface area contributed by atoms with Gasteiger partial charge in [0.05, 0.1) is 11.9 Å². The molecule has 0 saturated heterocycles. The largest absolute Gasteiger partial charge is 0.352 e. The highest BCUT2D eigenvalue weighted by atomic mass is 32.2. The van der Waals surface area contributed by atoms with Crippen molar-refractivity contribution >= 4 is 27.5 Å². The van der Waals surface area contributed by atoms with E-state index < -0.39 is 34.3 Å². The summed E-state index contributed by atoms with van der Waals surface area (Å²) in [5, 5.41) is 2.92. The Bertz CT molecular complexity index is 1060. The van der Waals surface area contributed by atoms with Gasteiger partial charge in [0.25, 0.3) is 0 Å². The number of nitrogens with zero attached hydrogens (tertiary/aromatic N) is 2. The van der Waals surface area contributed by atoms with Crippen molar-refractivity contribution in [3.05, 3.63) is 66.0 Å². The van der Waals surface area contributed by atoms with Crippen LogP contribution in [0.15, 0.2) is 54.6 Å². The highest BCUT2D eigenvalue weighted by Gasteiger charge is 2.31. The van der Waals surface area contributed by atoms with Crippen LogP contribution in [0.25, 0.3) is 0 Å². The molecule has 186 valence electrons. The van der Waals surface area contributed by atoms with Gasteiger partial charge < -0.3 is 10.2 Å². The predicted octanol–water partition coefficient (Wildman–Crippen LogP) is 3.36. The van der Waals surface area contributed by atoms with Gasteiger partial charge in [0.1, 0.15) is 18.4 Å². The van der Waals surface area contributed by atoms with Crippen LogP contribution in [0.4, 0.5) is 10.1 Å². The third-order valence-electron chi connectivity index (χ3n) is 5.65. The highest BCUT2D eigenvalue weighted by Crippen LogP contribution is 2.20. The Balaban J connectivity index is 2.36. The fraction of sp³-hybridized carbons (Fsp3) is 0.440. The first kappa shape index (κ1) is 27.3. The van der Waals surface area contributed by atoms with E-state index in [-0.39, 0.29) is 24.2 Å². The van der Waals surface area contributed by atoms with Crippen molar-refractivity contribution in [2.75, 3.05) is 23.7 Å². The summed E-state index contributed by atoms with van der Waals surface area (Å²) in [6, 6.07) is 13.8. The molecule has 0 spiro atoms. The lowest BCUT2D eigenvalue weighted by Crippen LogP contribution is -2.54. The Labute approximate surface area is 202 Å². The van der Waals surface area contributed by atoms with Gasteiger partial charge in [-0.3, -0.25) is 13.9 Å². The molecule has 2 rings (SSSR count). The van der Waals surface area contributed by atoms with Crippen LogP contribution in [0.2, 0.25) is 0 Å². The molecule has 0 unspecified atom stereocenters. The summed E-state index contributed by atoms with van der Waals surface area (Å²) in [7, 11) is -3.89. The minimum atomic E-state index is -3.89. The van der Waals surface area contributed by atoms with Gasteiger partial charge in [-0.2, -0.15) is 0 Å². The lowest BCUT2D eigenvalue weighted by atomic mass is 10.1. The molecule has 0 fully saturated rings. The van der Waals surface area contributed by atoms with Gasteiger partial charge in [-0.05, 0) is 49.9 Å². The third kappa shape index (κ3) is 7.83. The molecule has 0 aliphatic heterocycles. The second-order valence-electron chi connectivity index (χ2n) is 8.31. The molecule has 0 aliphatic carbocycles. The van der Waals surface area contributed by atoms with Gasteiger partial charge in [-0.15, -0.1) is 0 Å². The number of amides is 2. The summed E-state index contributed by atoms with van der Waals surface area (Å²) in [4.78, 5) is 27.9. The van der Waals surface area contributed by atoms with E-state index in [0.717, 1.165) is 28.6 Å². The number of halogens is 1. The summed E-state index contributed by atoms with van der Waals surface area (Å²) in [6.07, 6.45) is 2.56. The minimum Gasteiger partial charge on any atom is -0.352 e. The van der Waals surface area contributed by atoms with Crippen LogP contribution in [-0.4, -0.2) is 56.6 Å². The van der Waals surface area contributed by atoms with Crippen molar-refractivity contribution in [1.82, 2.24) is 10.2 Å². The summed E-state index contributed by atoms with van der Waals surface area (Å²) in [5.74, 6) is -1.43. The molecular formula is C25H34FN3O4S. The second-order valence-corrected chi connectivity index (χ2v) is 10.2. The van der Waals surface area contributed by atoms with Crippen LogP contribution in [0.5, 0.6) is 0 Å². The number of nitrogens with one attached hydrogen (secondary N) is 1. The van der Waals surface area contributed by atoms with Crippen LogP contribution in [0.1, 0.15) is 39.2 Å². The van der Waals surface area contributed by atoms with Crippen LogP contribution >= 0.6 is 0 Å². The Morgan fingerprint density at radius 3 is 2.26 bits per heavy atom. The van der Waals surface area contributed by atoms with E-state index in [2.05, 4.69) is 5.32 Å². The standard InChI is InChI=1S/C25H34FN3O4S/c1-5-19(3)27-25(31)23(6-2)28(16-15-20-11-8-7-9-12-20)24(30)18-29(34(4,32)33)22-14-10-13-21(26)17-22/h7-14,17,19,23H,5-6,15-16,18H2,1-4H3,(H,27,31)/t19-,23+/m0/s1. The molecule has 0 heterocycles. The molecule has 9 heteroatoms. The monoisotopic (exact) mass is 491 g/mol. The fourth-order valence-corrected chi connectivity index (χ4v) is 4.42. The SMILES string of the molecule is CC[C@H](C(=O)N[C@@H](C)CC)N(CCc1ccccc1)C(=O)CN(c1cccc(F)c1)S(C)(=O)=O. The van der Waals surface area contributed by atoms with Crippen molar-refractivity contribution in [2.45, 2.75) is 52.1 Å². The molecular weight excluding hydrogens is 457 g/mol. The van der Waals surface area contributed by atoms with E-state index in [1.807, 2.05) is 51.1 Å². The van der Waals surface area contributed by atoms with Gasteiger partial charge in [0.15, 0.2) is 0 Å². The molecule has 0 aromatic heterocycles. The molecule has 1 N–H and O–H groups in total. The number of hydrogen-bond donors (Lipinski definition) is 1. The highest BCUT2D eigenvalue weighted by molar-refractivity contribution is 7.92.